The molecule has 0 radical (unpaired) electrons. The van der Waals surface area contributed by atoms with Crippen LogP contribution in [0.5, 0.6) is 57.5 Å². The average molecular weight is 1430 g/mol. The highest BCUT2D eigenvalue weighted by molar-refractivity contribution is 5.56. The second-order valence-corrected chi connectivity index (χ2v) is 32.4. The number of aryl methyl sites for hydroxylation is 5. The molecule has 10 nitrogen and oxygen atoms in total. The summed E-state index contributed by atoms with van der Waals surface area (Å²) in [4.78, 5) is 0. The number of hydrogen-bond acceptors (Lipinski definition) is 10. The van der Waals surface area contributed by atoms with Crippen LogP contribution in [0.25, 0.3) is 0 Å². The largest absolute Gasteiger partial charge is 0.508 e. The molecule has 104 heavy (non-hydrogen) atoms. The van der Waals surface area contributed by atoms with Crippen LogP contribution in [0, 0.1) is 17.8 Å². The van der Waals surface area contributed by atoms with Crippen molar-refractivity contribution in [3.05, 3.63) is 187 Å². The van der Waals surface area contributed by atoms with Crippen LogP contribution >= 0.6 is 0 Å². The summed E-state index contributed by atoms with van der Waals surface area (Å²) in [5.41, 5.74) is 16.2. The zero-order chi connectivity index (χ0) is 76.4. The molecule has 2 aliphatic heterocycles. The number of allylic oxidation sites excluding steroid dienone is 11. The lowest BCUT2D eigenvalue weighted by atomic mass is 9.68. The fourth-order valence-electron chi connectivity index (χ4n) is 16.0. The second-order valence-electron chi connectivity index (χ2n) is 32.4. The van der Waals surface area contributed by atoms with Crippen molar-refractivity contribution in [1.82, 2.24) is 0 Å². The predicted molar refractivity (Wildman–Crippen MR) is 435 cm³/mol. The number of phenolic OH excluding ortho intramolecular Hbond substituents is 8. The van der Waals surface area contributed by atoms with Crippen LogP contribution in [-0.2, 0) is 38.5 Å². The Morgan fingerprint density at radius 3 is 1.10 bits per heavy atom. The summed E-state index contributed by atoms with van der Waals surface area (Å²) >= 11 is 0. The minimum atomic E-state index is -0.177. The first-order chi connectivity index (χ1) is 49.4. The van der Waals surface area contributed by atoms with Crippen molar-refractivity contribution in [2.45, 2.75) is 320 Å². The highest BCUT2D eigenvalue weighted by Gasteiger charge is 2.47. The van der Waals surface area contributed by atoms with Crippen LogP contribution in [0.2, 0.25) is 0 Å². The van der Waals surface area contributed by atoms with Crippen molar-refractivity contribution in [1.29, 1.82) is 0 Å². The van der Waals surface area contributed by atoms with Crippen molar-refractivity contribution >= 4 is 0 Å². The molecule has 3 aliphatic carbocycles. The maximum atomic E-state index is 10.7. The van der Waals surface area contributed by atoms with Gasteiger partial charge in [-0.25, -0.2) is 0 Å². The summed E-state index contributed by atoms with van der Waals surface area (Å²) in [5, 5.41) is 81.2. The topological polar surface area (TPSA) is 180 Å². The van der Waals surface area contributed by atoms with E-state index in [2.05, 4.69) is 153 Å². The lowest BCUT2D eigenvalue weighted by Crippen LogP contribution is -2.45. The van der Waals surface area contributed by atoms with E-state index in [1.54, 1.807) is 24.3 Å². The Balaban J connectivity index is 0.000000206. The summed E-state index contributed by atoms with van der Waals surface area (Å²) in [6.45, 7) is 38.6. The van der Waals surface area contributed by atoms with Crippen LogP contribution in [-0.4, -0.2) is 52.1 Å². The summed E-state index contributed by atoms with van der Waals surface area (Å²) in [7, 11) is 0. The third kappa shape index (κ3) is 25.4. The monoisotopic (exact) mass is 1430 g/mol. The van der Waals surface area contributed by atoms with Gasteiger partial charge in [0.05, 0.1) is 0 Å². The van der Waals surface area contributed by atoms with Crippen molar-refractivity contribution in [3.8, 4) is 57.5 Å². The van der Waals surface area contributed by atoms with E-state index in [0.717, 1.165) is 141 Å². The van der Waals surface area contributed by atoms with Gasteiger partial charge in [-0.05, 0) is 286 Å². The quantitative estimate of drug-likeness (QED) is 0.0196. The molecule has 8 N–H and O–H groups in total. The minimum Gasteiger partial charge on any atom is -0.508 e. The van der Waals surface area contributed by atoms with Crippen LogP contribution < -0.4 is 9.47 Å². The average Bonchev–Trinajstić information content (AvgIpc) is 0.750. The van der Waals surface area contributed by atoms with E-state index in [0.29, 0.717) is 40.9 Å². The van der Waals surface area contributed by atoms with E-state index in [1.165, 1.54) is 122 Å². The van der Waals surface area contributed by atoms with Crippen molar-refractivity contribution in [3.63, 3.8) is 0 Å². The third-order valence-corrected chi connectivity index (χ3v) is 22.0. The molecule has 10 heteroatoms. The fraction of sp³-hybridized carbons (Fsp3) is 0.553. The molecule has 0 saturated carbocycles. The number of hydrogen-bond donors (Lipinski definition) is 8. The molecular weight excluding hydrogens is 1290 g/mol. The smallest absolute Gasteiger partial charge is 0.127 e. The number of fused-ring (bicyclic) bond motifs is 6. The lowest BCUT2D eigenvalue weighted by Gasteiger charge is -2.46. The van der Waals surface area contributed by atoms with Gasteiger partial charge in [0.1, 0.15) is 68.7 Å². The van der Waals surface area contributed by atoms with E-state index in [4.69, 9.17) is 9.47 Å². The van der Waals surface area contributed by atoms with E-state index in [1.807, 2.05) is 31.2 Å². The summed E-state index contributed by atoms with van der Waals surface area (Å²) in [6, 6.07) is 20.3. The normalized spacial score (nSPS) is 19.5. The first-order valence-electron chi connectivity index (χ1n) is 40.1. The third-order valence-electron chi connectivity index (χ3n) is 22.0. The SMILES string of the molecule is C=C(C)C1CCC(C)=CC1c1c(O)cc(CCCCC)cc1O.CCCCCc1cc(O)c(C/C=C(/C)CC=C(C)C)c(O)c1.CCCCCc1cc(O)c2c(c1)OC(C)(C)C1CCC(C)=CC21.CCCCCc1cc(O)c2c(c1)OC(C)(C)C1CCC(C)=CC21.CCCCCc1cc(O)cc(O)c1. The molecule has 0 spiro atoms. The molecular formula is C94H136O10. The van der Waals surface area contributed by atoms with E-state index >= 15 is 0 Å². The zero-order valence-corrected chi connectivity index (χ0v) is 67.1. The van der Waals surface area contributed by atoms with Gasteiger partial charge in [-0.15, -0.1) is 0 Å². The highest BCUT2D eigenvalue weighted by Crippen LogP contribution is 2.56. The molecule has 10 rings (SSSR count). The van der Waals surface area contributed by atoms with E-state index in [-0.39, 0.29) is 69.4 Å². The molecule has 0 bridgehead atoms. The molecule has 5 aliphatic rings. The van der Waals surface area contributed by atoms with Gasteiger partial charge in [-0.2, -0.15) is 0 Å². The molecule has 2 heterocycles. The fourth-order valence-corrected chi connectivity index (χ4v) is 16.0. The van der Waals surface area contributed by atoms with Crippen molar-refractivity contribution < 1.29 is 50.3 Å². The Hall–Kier alpha value is -7.46. The maximum absolute atomic E-state index is 10.7. The molecule has 0 saturated heterocycles. The molecule has 0 aromatic heterocycles. The van der Waals surface area contributed by atoms with Crippen LogP contribution in [0.1, 0.15) is 320 Å². The van der Waals surface area contributed by atoms with Gasteiger partial charge in [-0.1, -0.05) is 169 Å². The van der Waals surface area contributed by atoms with Crippen LogP contribution in [0.3, 0.4) is 0 Å². The summed E-state index contributed by atoms with van der Waals surface area (Å²) in [5.74, 6) is 5.53. The molecule has 0 amide bonds. The Morgan fingerprint density at radius 2 is 0.740 bits per heavy atom. The van der Waals surface area contributed by atoms with E-state index in [9.17, 15) is 40.9 Å². The van der Waals surface area contributed by atoms with Gasteiger partial charge < -0.3 is 50.3 Å². The Morgan fingerprint density at radius 1 is 0.413 bits per heavy atom. The van der Waals surface area contributed by atoms with E-state index < -0.39 is 0 Å². The Labute approximate surface area is 628 Å². The van der Waals surface area contributed by atoms with Gasteiger partial charge in [0, 0.05) is 57.9 Å². The molecule has 0 fully saturated rings. The van der Waals surface area contributed by atoms with Crippen molar-refractivity contribution in [2.75, 3.05) is 0 Å². The molecule has 6 unspecified atom stereocenters. The Kier molecular flexibility index (Phi) is 34.1. The number of unbranched alkanes of at least 4 members (excludes halogenated alkanes) is 10. The number of rotatable bonds is 26. The first kappa shape index (κ1) is 85.5. The predicted octanol–water partition coefficient (Wildman–Crippen LogP) is 25.8. The van der Waals surface area contributed by atoms with Gasteiger partial charge in [0.2, 0.25) is 0 Å². The van der Waals surface area contributed by atoms with Gasteiger partial charge in [-0.3, -0.25) is 0 Å². The van der Waals surface area contributed by atoms with Gasteiger partial charge in [0.15, 0.2) is 0 Å². The number of aromatic hydroxyl groups is 8. The summed E-state index contributed by atoms with van der Waals surface area (Å²) < 4.78 is 12.7. The standard InChI is InChI=1S/3C21H30O2.C20H30O2.C11H16O2/c2*1-5-6-7-8-15-12-18(22)20-16-11-14(2)9-10-17(16)21(3,4)23-19(20)13-15;1-5-6-7-8-16-12-19(22)21(20(23)13-16)18-11-15(4)9-10-17(18)14(2)3;1-5-6-7-8-17-13-19(21)18(20(22)14-17)12-11-16(4)10-9-15(2)3;1-2-3-4-5-9-6-10(12)8-11(13)7-9/h2*11-13,16-17,22H,5-10H2,1-4H3;11-13,17-18,22-23H,2,5-10H2,1,3-4H3;9,11,13-14,21-22H,5-8,10,12H2,1-4H3;6-8,12-13H,2-5H2,1H3/b;;;16-11-;. The van der Waals surface area contributed by atoms with Crippen molar-refractivity contribution in [2.24, 2.45) is 17.8 Å². The zero-order valence-electron chi connectivity index (χ0n) is 67.1. The number of phenols is 8. The Bertz CT molecular complexity index is 3560. The number of benzene rings is 5. The number of ether oxygens (including phenoxy) is 2. The maximum Gasteiger partial charge on any atom is 0.127 e. The van der Waals surface area contributed by atoms with Crippen LogP contribution in [0.15, 0.2) is 137 Å². The highest BCUT2D eigenvalue weighted by atomic mass is 16.5. The molecule has 572 valence electrons. The van der Waals surface area contributed by atoms with Crippen LogP contribution in [0.4, 0.5) is 0 Å². The lowest BCUT2D eigenvalue weighted by molar-refractivity contribution is 0.0104. The first-order valence-corrected chi connectivity index (χ1v) is 40.1. The van der Waals surface area contributed by atoms with Gasteiger partial charge >= 0.3 is 0 Å². The van der Waals surface area contributed by atoms with Gasteiger partial charge in [0.25, 0.3) is 0 Å². The second kappa shape index (κ2) is 41.4. The molecule has 5 aromatic carbocycles. The molecule has 5 aromatic rings. The minimum absolute atomic E-state index is 0.0194. The molecule has 6 atom stereocenters. The summed E-state index contributed by atoms with van der Waals surface area (Å²) in [6.07, 6.45) is 41.6.